The average molecular weight is 270 g/mol. The largest absolute Gasteiger partial charge is 0.487 e. The van der Waals surface area contributed by atoms with E-state index in [1.54, 1.807) is 6.20 Å². The lowest BCUT2D eigenvalue weighted by Gasteiger charge is -2.08. The number of benzene rings is 1. The molecule has 0 saturated carbocycles. The van der Waals surface area contributed by atoms with Gasteiger partial charge in [-0.15, -0.1) is 0 Å². The number of ether oxygens (including phenoxy) is 1. The zero-order valence-corrected chi connectivity index (χ0v) is 12.4. The molecule has 0 unspecified atom stereocenters. The van der Waals surface area contributed by atoms with Gasteiger partial charge in [-0.25, -0.2) is 0 Å². The molecule has 0 bridgehead atoms. The molecule has 1 aromatic heterocycles. The lowest BCUT2D eigenvalue weighted by atomic mass is 10.1. The molecule has 0 saturated heterocycles. The van der Waals surface area contributed by atoms with Gasteiger partial charge in [-0.1, -0.05) is 25.1 Å². The summed E-state index contributed by atoms with van der Waals surface area (Å²) in [6.07, 6.45) is 1.79. The maximum atomic E-state index is 5.76. The van der Waals surface area contributed by atoms with E-state index >= 15 is 0 Å². The summed E-state index contributed by atoms with van der Waals surface area (Å²) in [5, 5.41) is 3.25. The van der Waals surface area contributed by atoms with Crippen LogP contribution in [0.25, 0.3) is 0 Å². The van der Waals surface area contributed by atoms with Gasteiger partial charge in [0.1, 0.15) is 12.4 Å². The van der Waals surface area contributed by atoms with Gasteiger partial charge in [-0.3, -0.25) is 4.98 Å². The van der Waals surface area contributed by atoms with Gasteiger partial charge >= 0.3 is 0 Å². The van der Waals surface area contributed by atoms with Crippen LogP contribution in [0, 0.1) is 13.8 Å². The Labute approximate surface area is 121 Å². The van der Waals surface area contributed by atoms with E-state index in [1.807, 2.05) is 12.1 Å². The highest BCUT2D eigenvalue weighted by Crippen LogP contribution is 2.14. The van der Waals surface area contributed by atoms with Crippen LogP contribution in [0.3, 0.4) is 0 Å². The van der Waals surface area contributed by atoms with Gasteiger partial charge in [-0.2, -0.15) is 0 Å². The number of rotatable bonds is 6. The molecule has 3 heteroatoms. The number of aromatic nitrogens is 1. The number of hydrogen-bond acceptors (Lipinski definition) is 3. The van der Waals surface area contributed by atoms with Crippen LogP contribution < -0.4 is 10.1 Å². The predicted octanol–water partition coefficient (Wildman–Crippen LogP) is 3.39. The van der Waals surface area contributed by atoms with Crippen molar-refractivity contribution < 1.29 is 4.74 Å². The van der Waals surface area contributed by atoms with E-state index in [1.165, 1.54) is 16.7 Å². The third kappa shape index (κ3) is 4.07. The fourth-order valence-corrected chi connectivity index (χ4v) is 1.91. The maximum absolute atomic E-state index is 5.76. The molecule has 1 N–H and O–H groups in total. The van der Waals surface area contributed by atoms with Crippen molar-refractivity contribution in [2.75, 3.05) is 6.54 Å². The van der Waals surface area contributed by atoms with Crippen molar-refractivity contribution in [3.05, 3.63) is 58.9 Å². The van der Waals surface area contributed by atoms with Crippen LogP contribution in [0.5, 0.6) is 5.75 Å². The van der Waals surface area contributed by atoms with Gasteiger partial charge in [0.25, 0.3) is 0 Å². The van der Waals surface area contributed by atoms with E-state index in [9.17, 15) is 0 Å². The molecule has 0 amide bonds. The average Bonchev–Trinajstić information content (AvgIpc) is 2.47. The Morgan fingerprint density at radius 2 is 1.95 bits per heavy atom. The Kier molecular flexibility index (Phi) is 5.13. The number of nitrogens with one attached hydrogen (secondary N) is 1. The van der Waals surface area contributed by atoms with Crippen LogP contribution in [-0.2, 0) is 13.2 Å². The lowest BCUT2D eigenvalue weighted by molar-refractivity contribution is 0.304. The summed E-state index contributed by atoms with van der Waals surface area (Å²) >= 11 is 0. The topological polar surface area (TPSA) is 34.1 Å². The highest BCUT2D eigenvalue weighted by molar-refractivity contribution is 5.30. The highest BCUT2D eigenvalue weighted by atomic mass is 16.5. The fraction of sp³-hybridized carbons (Fsp3) is 0.353. The van der Waals surface area contributed by atoms with Gasteiger partial charge < -0.3 is 10.1 Å². The van der Waals surface area contributed by atoms with Crippen LogP contribution in [0.1, 0.15) is 29.3 Å². The van der Waals surface area contributed by atoms with E-state index in [0.29, 0.717) is 6.61 Å². The fourth-order valence-electron chi connectivity index (χ4n) is 1.91. The lowest BCUT2D eigenvalue weighted by Crippen LogP contribution is -2.12. The Balaban J connectivity index is 1.91. The second-order valence-electron chi connectivity index (χ2n) is 4.97. The monoisotopic (exact) mass is 270 g/mol. The molecular formula is C17H22N2O. The Morgan fingerprint density at radius 1 is 1.10 bits per heavy atom. The second-order valence-corrected chi connectivity index (χ2v) is 4.97. The smallest absolute Gasteiger partial charge is 0.138 e. The van der Waals surface area contributed by atoms with Crippen LogP contribution in [-0.4, -0.2) is 11.5 Å². The van der Waals surface area contributed by atoms with Gasteiger partial charge in [0.15, 0.2) is 0 Å². The summed E-state index contributed by atoms with van der Waals surface area (Å²) in [4.78, 5) is 4.37. The molecule has 106 valence electrons. The number of pyridine rings is 1. The molecule has 0 atom stereocenters. The van der Waals surface area contributed by atoms with Crippen LogP contribution in [0.2, 0.25) is 0 Å². The maximum Gasteiger partial charge on any atom is 0.138 e. The van der Waals surface area contributed by atoms with Gasteiger partial charge in [0.2, 0.25) is 0 Å². The molecule has 1 aromatic carbocycles. The predicted molar refractivity (Wildman–Crippen MR) is 81.9 cm³/mol. The molecule has 3 nitrogen and oxygen atoms in total. The summed E-state index contributed by atoms with van der Waals surface area (Å²) in [5.74, 6) is 0.809. The van der Waals surface area contributed by atoms with Crippen molar-refractivity contribution in [1.82, 2.24) is 10.3 Å². The molecule has 0 aliphatic heterocycles. The van der Waals surface area contributed by atoms with Crippen molar-refractivity contribution in [1.29, 1.82) is 0 Å². The standard InChI is InChI=1S/C17H22N2O/c1-4-18-10-16-7-8-17(11-19-16)20-12-15-6-5-13(2)14(3)9-15/h5-9,11,18H,4,10,12H2,1-3H3. The molecule has 1 heterocycles. The summed E-state index contributed by atoms with van der Waals surface area (Å²) in [5.41, 5.74) is 4.82. The van der Waals surface area contributed by atoms with Gasteiger partial charge in [0.05, 0.1) is 11.9 Å². The second kappa shape index (κ2) is 7.06. The first-order valence-corrected chi connectivity index (χ1v) is 7.03. The molecule has 0 spiro atoms. The van der Waals surface area contributed by atoms with E-state index in [2.05, 4.69) is 49.3 Å². The summed E-state index contributed by atoms with van der Waals surface area (Å²) in [7, 11) is 0. The normalized spacial score (nSPS) is 10.6. The van der Waals surface area contributed by atoms with Crippen molar-refractivity contribution in [2.45, 2.75) is 33.9 Å². The van der Waals surface area contributed by atoms with Crippen molar-refractivity contribution in [3.8, 4) is 5.75 Å². The number of aryl methyl sites for hydroxylation is 2. The molecule has 0 radical (unpaired) electrons. The summed E-state index contributed by atoms with van der Waals surface area (Å²) < 4.78 is 5.76. The van der Waals surface area contributed by atoms with Crippen molar-refractivity contribution >= 4 is 0 Å². The first kappa shape index (κ1) is 14.5. The first-order chi connectivity index (χ1) is 9.69. The molecule has 0 aliphatic carbocycles. The SMILES string of the molecule is CCNCc1ccc(OCc2ccc(C)c(C)c2)cn1. The number of nitrogens with zero attached hydrogens (tertiary/aromatic N) is 1. The summed E-state index contributed by atoms with van der Waals surface area (Å²) in [6, 6.07) is 10.4. The highest BCUT2D eigenvalue weighted by Gasteiger charge is 2.00. The van der Waals surface area contributed by atoms with Crippen LogP contribution in [0.4, 0.5) is 0 Å². The molecular weight excluding hydrogens is 248 g/mol. The van der Waals surface area contributed by atoms with Crippen molar-refractivity contribution in [3.63, 3.8) is 0 Å². The minimum atomic E-state index is 0.579. The zero-order valence-electron chi connectivity index (χ0n) is 12.4. The molecule has 2 aromatic rings. The van der Waals surface area contributed by atoms with Gasteiger partial charge in [-0.05, 0) is 49.2 Å². The third-order valence-electron chi connectivity index (χ3n) is 3.33. The Hall–Kier alpha value is -1.87. The summed E-state index contributed by atoms with van der Waals surface area (Å²) in [6.45, 7) is 8.65. The van der Waals surface area contributed by atoms with E-state index in [-0.39, 0.29) is 0 Å². The van der Waals surface area contributed by atoms with E-state index in [0.717, 1.165) is 24.5 Å². The van der Waals surface area contributed by atoms with Crippen molar-refractivity contribution in [2.24, 2.45) is 0 Å². The number of hydrogen-bond donors (Lipinski definition) is 1. The van der Waals surface area contributed by atoms with Crippen LogP contribution in [0.15, 0.2) is 36.5 Å². The molecule has 0 aliphatic rings. The molecule has 2 rings (SSSR count). The minimum absolute atomic E-state index is 0.579. The quantitative estimate of drug-likeness (QED) is 0.873. The zero-order chi connectivity index (χ0) is 14.4. The first-order valence-electron chi connectivity index (χ1n) is 7.03. The van der Waals surface area contributed by atoms with E-state index < -0.39 is 0 Å². The molecule has 20 heavy (non-hydrogen) atoms. The minimum Gasteiger partial charge on any atom is -0.487 e. The third-order valence-corrected chi connectivity index (χ3v) is 3.33. The molecule has 0 fully saturated rings. The Bertz CT molecular complexity index is 549. The Morgan fingerprint density at radius 3 is 2.60 bits per heavy atom. The van der Waals surface area contributed by atoms with Crippen LogP contribution >= 0.6 is 0 Å². The van der Waals surface area contributed by atoms with E-state index in [4.69, 9.17) is 4.74 Å². The van der Waals surface area contributed by atoms with Gasteiger partial charge in [0, 0.05) is 6.54 Å².